The number of nitrogens with one attached hydrogen (secondary N) is 2. The fourth-order valence-corrected chi connectivity index (χ4v) is 6.79. The first-order valence-electron chi connectivity index (χ1n) is 14.6. The second kappa shape index (κ2) is 9.92. The van der Waals surface area contributed by atoms with E-state index in [4.69, 9.17) is 0 Å². The van der Waals surface area contributed by atoms with E-state index in [9.17, 15) is 19.5 Å². The monoisotopic (exact) mass is 574 g/mol. The molecule has 44 heavy (non-hydrogen) atoms. The zero-order valence-corrected chi connectivity index (χ0v) is 23.6. The molecule has 0 aliphatic carbocycles. The van der Waals surface area contributed by atoms with Crippen molar-refractivity contribution in [3.8, 4) is 0 Å². The van der Waals surface area contributed by atoms with Crippen molar-refractivity contribution in [2.75, 3.05) is 6.54 Å². The van der Waals surface area contributed by atoms with Crippen LogP contribution in [0.25, 0.3) is 64.6 Å². The van der Waals surface area contributed by atoms with Gasteiger partial charge in [0.1, 0.15) is 6.04 Å². The molecule has 8 aromatic carbocycles. The summed E-state index contributed by atoms with van der Waals surface area (Å²) in [5, 5.41) is 27.9. The molecule has 0 unspecified atom stereocenters. The van der Waals surface area contributed by atoms with Gasteiger partial charge in [-0.1, -0.05) is 97.1 Å². The molecule has 0 saturated heterocycles. The Morgan fingerprint density at radius 3 is 1.41 bits per heavy atom. The van der Waals surface area contributed by atoms with Crippen LogP contribution in [0.1, 0.15) is 27.1 Å². The van der Waals surface area contributed by atoms with Crippen LogP contribution in [0, 0.1) is 0 Å². The van der Waals surface area contributed by atoms with Crippen molar-refractivity contribution < 1.29 is 19.5 Å². The van der Waals surface area contributed by atoms with Crippen LogP contribution in [-0.4, -0.2) is 35.5 Å². The molecule has 0 heterocycles. The molecule has 0 bridgehead atoms. The summed E-state index contributed by atoms with van der Waals surface area (Å²) >= 11 is 0. The predicted molar refractivity (Wildman–Crippen MR) is 176 cm³/mol. The van der Waals surface area contributed by atoms with Gasteiger partial charge in [0.2, 0.25) is 0 Å². The molecule has 0 fully saturated rings. The number of aliphatic carboxylic acids is 1. The molecule has 6 heteroatoms. The zero-order valence-electron chi connectivity index (χ0n) is 23.6. The highest BCUT2D eigenvalue weighted by Crippen LogP contribution is 2.37. The summed E-state index contributed by atoms with van der Waals surface area (Å²) in [6.45, 7) is 0.0799. The number of rotatable bonds is 7. The molecular formula is C38H26N2O4. The highest BCUT2D eigenvalue weighted by molar-refractivity contribution is 6.27. The maximum atomic E-state index is 13.5. The maximum Gasteiger partial charge on any atom is 0.326 e. The third-order valence-corrected chi connectivity index (χ3v) is 8.87. The van der Waals surface area contributed by atoms with E-state index >= 15 is 0 Å². The van der Waals surface area contributed by atoms with Gasteiger partial charge in [0.25, 0.3) is 11.8 Å². The van der Waals surface area contributed by atoms with Gasteiger partial charge in [-0.2, -0.15) is 0 Å². The first-order valence-corrected chi connectivity index (χ1v) is 14.6. The Labute approximate surface area is 251 Å². The summed E-state index contributed by atoms with van der Waals surface area (Å²) in [5.41, 5.74) is 0.944. The smallest absolute Gasteiger partial charge is 0.326 e. The zero-order chi connectivity index (χ0) is 29.9. The Morgan fingerprint density at radius 2 is 0.932 bits per heavy atom. The predicted octanol–water partition coefficient (Wildman–Crippen LogP) is 7.48. The van der Waals surface area contributed by atoms with E-state index in [1.165, 1.54) is 0 Å². The number of carboxylic acids is 1. The van der Waals surface area contributed by atoms with E-state index in [1.54, 1.807) is 6.07 Å². The number of benzene rings is 8. The highest BCUT2D eigenvalue weighted by Gasteiger charge is 2.23. The molecule has 0 spiro atoms. The molecule has 0 saturated carbocycles. The quantitative estimate of drug-likeness (QED) is 0.172. The van der Waals surface area contributed by atoms with Gasteiger partial charge in [0, 0.05) is 17.7 Å². The molecular weight excluding hydrogens is 548 g/mol. The Hall–Kier alpha value is -5.75. The van der Waals surface area contributed by atoms with Crippen LogP contribution < -0.4 is 10.6 Å². The molecule has 212 valence electrons. The van der Waals surface area contributed by atoms with Crippen LogP contribution in [0.3, 0.4) is 0 Å². The number of hydrogen-bond donors (Lipinski definition) is 3. The highest BCUT2D eigenvalue weighted by atomic mass is 16.4. The minimum absolute atomic E-state index is 0.0322. The molecule has 3 N–H and O–H groups in total. The van der Waals surface area contributed by atoms with Crippen molar-refractivity contribution in [2.45, 2.75) is 12.5 Å². The third-order valence-electron chi connectivity index (χ3n) is 8.87. The lowest BCUT2D eigenvalue weighted by Gasteiger charge is -2.18. The van der Waals surface area contributed by atoms with Gasteiger partial charge in [-0.15, -0.1) is 0 Å². The average Bonchev–Trinajstić information content (AvgIpc) is 3.05. The van der Waals surface area contributed by atoms with Crippen molar-refractivity contribution in [1.82, 2.24) is 10.6 Å². The number of carboxylic acid groups (broad SMARTS) is 1. The van der Waals surface area contributed by atoms with Gasteiger partial charge in [0.05, 0.1) is 0 Å². The van der Waals surface area contributed by atoms with Gasteiger partial charge in [-0.05, 0) is 83.2 Å². The van der Waals surface area contributed by atoms with Crippen molar-refractivity contribution in [3.05, 3.63) is 120 Å². The van der Waals surface area contributed by atoms with Crippen molar-refractivity contribution in [2.24, 2.45) is 0 Å². The molecule has 0 radical (unpaired) electrons. The van der Waals surface area contributed by atoms with E-state index in [0.717, 1.165) is 64.6 Å². The molecule has 1 atom stereocenters. The first kappa shape index (κ1) is 25.9. The normalized spacial score (nSPS) is 12.5. The molecule has 6 nitrogen and oxygen atoms in total. The minimum Gasteiger partial charge on any atom is -0.480 e. The summed E-state index contributed by atoms with van der Waals surface area (Å²) in [4.78, 5) is 39.0. The summed E-state index contributed by atoms with van der Waals surface area (Å²) in [6.07, 6.45) is 0.0322. The number of hydrogen-bond acceptors (Lipinski definition) is 3. The molecule has 2 amide bonds. The largest absolute Gasteiger partial charge is 0.480 e. The molecule has 0 aromatic heterocycles. The summed E-state index contributed by atoms with van der Waals surface area (Å²) in [7, 11) is 0. The van der Waals surface area contributed by atoms with E-state index < -0.39 is 17.9 Å². The van der Waals surface area contributed by atoms with Crippen molar-refractivity contribution in [1.29, 1.82) is 0 Å². The SMILES string of the molecule is O=C(NCC[C@H](NC(=O)c1ccc2ccc3cccc4ccc1c2c34)C(=O)O)c1ccc2ccc3cccc4ccc1c2c34. The molecule has 0 aliphatic heterocycles. The van der Waals surface area contributed by atoms with Crippen molar-refractivity contribution >= 4 is 82.4 Å². The van der Waals surface area contributed by atoms with Gasteiger partial charge >= 0.3 is 5.97 Å². The Kier molecular flexibility index (Phi) is 5.84. The lowest BCUT2D eigenvalue weighted by molar-refractivity contribution is -0.139. The van der Waals surface area contributed by atoms with Crippen LogP contribution >= 0.6 is 0 Å². The number of carbonyl (C=O) groups is 3. The summed E-state index contributed by atoms with van der Waals surface area (Å²) in [6, 6.07) is 34.6. The average molecular weight is 575 g/mol. The first-order chi connectivity index (χ1) is 21.5. The maximum absolute atomic E-state index is 13.5. The van der Waals surface area contributed by atoms with E-state index in [-0.39, 0.29) is 18.9 Å². The van der Waals surface area contributed by atoms with E-state index in [0.29, 0.717) is 11.1 Å². The van der Waals surface area contributed by atoms with Crippen LogP contribution in [0.5, 0.6) is 0 Å². The lowest BCUT2D eigenvalue weighted by Crippen LogP contribution is -2.43. The van der Waals surface area contributed by atoms with Crippen LogP contribution in [0.4, 0.5) is 0 Å². The van der Waals surface area contributed by atoms with Gasteiger partial charge < -0.3 is 15.7 Å². The molecule has 8 rings (SSSR count). The molecule has 0 aliphatic rings. The lowest BCUT2D eigenvalue weighted by atomic mass is 9.91. The van der Waals surface area contributed by atoms with Gasteiger partial charge in [-0.25, -0.2) is 4.79 Å². The van der Waals surface area contributed by atoms with Crippen LogP contribution in [-0.2, 0) is 4.79 Å². The fraction of sp³-hybridized carbons (Fsp3) is 0.0789. The fourth-order valence-electron chi connectivity index (χ4n) is 6.79. The van der Waals surface area contributed by atoms with Gasteiger partial charge in [-0.3, -0.25) is 9.59 Å². The minimum atomic E-state index is -1.18. The summed E-state index contributed by atoms with van der Waals surface area (Å²) in [5.74, 6) is -1.91. The number of amides is 2. The molecule has 8 aromatic rings. The Morgan fingerprint density at radius 1 is 0.523 bits per heavy atom. The Bertz CT molecular complexity index is 2400. The van der Waals surface area contributed by atoms with Crippen molar-refractivity contribution in [3.63, 3.8) is 0 Å². The van der Waals surface area contributed by atoms with Crippen LogP contribution in [0.2, 0.25) is 0 Å². The summed E-state index contributed by atoms with van der Waals surface area (Å²) < 4.78 is 0. The van der Waals surface area contributed by atoms with Gasteiger partial charge in [0.15, 0.2) is 0 Å². The van der Waals surface area contributed by atoms with E-state index in [1.807, 2.05) is 72.8 Å². The topological polar surface area (TPSA) is 95.5 Å². The van der Waals surface area contributed by atoms with E-state index in [2.05, 4.69) is 41.0 Å². The standard InChI is InChI=1S/C38H26N2O4/c41-36(29-17-13-25-9-7-21-3-1-5-23-11-15-27(29)34(25)32(21)23)39-20-19-31(38(43)44)40-37(42)30-18-14-26-10-8-22-4-2-6-24-12-16-28(30)35(26)33(22)24/h1-18,31H,19-20H2,(H,39,41)(H,40,42)(H,43,44)/t31-/m0/s1. The number of carbonyl (C=O) groups excluding carboxylic acids is 2. The van der Waals surface area contributed by atoms with Crippen LogP contribution in [0.15, 0.2) is 109 Å². The third kappa shape index (κ3) is 3.99. The second-order valence-corrected chi connectivity index (χ2v) is 11.3. The Balaban J connectivity index is 1.03. The second-order valence-electron chi connectivity index (χ2n) is 11.3.